The van der Waals surface area contributed by atoms with Crippen LogP contribution in [0.4, 0.5) is 14.5 Å². The minimum Gasteiger partial charge on any atom is -0.451 e. The number of hydrogen-bond donors (Lipinski definition) is 2. The maximum atomic E-state index is 13.5. The van der Waals surface area contributed by atoms with Crippen LogP contribution in [0.15, 0.2) is 36.4 Å². The van der Waals surface area contributed by atoms with Crippen LogP contribution in [0.5, 0.6) is 11.5 Å². The van der Waals surface area contributed by atoms with Crippen molar-refractivity contribution in [1.29, 1.82) is 0 Å². The molecule has 0 spiro atoms. The van der Waals surface area contributed by atoms with Crippen LogP contribution in [0.25, 0.3) is 0 Å². The van der Waals surface area contributed by atoms with Crippen molar-refractivity contribution in [3.8, 4) is 11.5 Å². The third kappa shape index (κ3) is 2.62. The van der Waals surface area contributed by atoms with Crippen molar-refractivity contribution in [2.45, 2.75) is 0 Å². The molecule has 4 nitrogen and oxygen atoms in total. The standard InChI is InChI=1S/C13H10F2N2O2/c14-7-4-5-11(9(15)6-7)19-12-8(13(17)18)2-1-3-10(12)16/h1-6H,16H2,(H2,17,18). The fraction of sp³-hybridized carbons (Fsp3) is 0. The highest BCUT2D eigenvalue weighted by molar-refractivity contribution is 5.97. The minimum atomic E-state index is -0.904. The second-order valence-corrected chi connectivity index (χ2v) is 3.76. The Hall–Kier alpha value is -2.63. The van der Waals surface area contributed by atoms with E-state index in [9.17, 15) is 13.6 Å². The summed E-state index contributed by atoms with van der Waals surface area (Å²) >= 11 is 0. The van der Waals surface area contributed by atoms with Crippen LogP contribution in [0.2, 0.25) is 0 Å². The van der Waals surface area contributed by atoms with E-state index in [0.29, 0.717) is 6.07 Å². The van der Waals surface area contributed by atoms with E-state index in [1.165, 1.54) is 18.2 Å². The fourth-order valence-electron chi connectivity index (χ4n) is 1.53. The quantitative estimate of drug-likeness (QED) is 0.836. The maximum absolute atomic E-state index is 13.5. The molecule has 0 aromatic heterocycles. The van der Waals surface area contributed by atoms with Gasteiger partial charge in [0.05, 0.1) is 11.3 Å². The van der Waals surface area contributed by atoms with Gasteiger partial charge < -0.3 is 16.2 Å². The second-order valence-electron chi connectivity index (χ2n) is 3.76. The van der Waals surface area contributed by atoms with Crippen molar-refractivity contribution in [1.82, 2.24) is 0 Å². The van der Waals surface area contributed by atoms with Gasteiger partial charge in [-0.2, -0.15) is 0 Å². The summed E-state index contributed by atoms with van der Waals surface area (Å²) in [5.41, 5.74) is 11.0. The first-order chi connectivity index (χ1) is 8.99. The van der Waals surface area contributed by atoms with Gasteiger partial charge in [0, 0.05) is 6.07 Å². The lowest BCUT2D eigenvalue weighted by Gasteiger charge is -2.12. The number of hydrogen-bond acceptors (Lipinski definition) is 3. The molecule has 0 unspecified atom stereocenters. The van der Waals surface area contributed by atoms with Crippen LogP contribution in [0.1, 0.15) is 10.4 Å². The molecule has 0 aliphatic rings. The molecule has 19 heavy (non-hydrogen) atoms. The molecule has 0 fully saturated rings. The van der Waals surface area contributed by atoms with Crippen LogP contribution >= 0.6 is 0 Å². The predicted octanol–water partition coefficient (Wildman–Crippen LogP) is 2.44. The van der Waals surface area contributed by atoms with Gasteiger partial charge in [0.1, 0.15) is 5.82 Å². The van der Waals surface area contributed by atoms with Gasteiger partial charge in [-0.15, -0.1) is 0 Å². The minimum absolute atomic E-state index is 0.0173. The van der Waals surface area contributed by atoms with Crippen LogP contribution in [-0.4, -0.2) is 5.91 Å². The second kappa shape index (κ2) is 4.93. The highest BCUT2D eigenvalue weighted by atomic mass is 19.1. The number of benzene rings is 2. The average molecular weight is 264 g/mol. The molecule has 0 saturated heterocycles. The van der Waals surface area contributed by atoms with Gasteiger partial charge in [0.15, 0.2) is 17.3 Å². The predicted molar refractivity (Wildman–Crippen MR) is 65.8 cm³/mol. The lowest BCUT2D eigenvalue weighted by Crippen LogP contribution is -2.13. The Morgan fingerprint density at radius 2 is 1.89 bits per heavy atom. The molecule has 2 rings (SSSR count). The largest absolute Gasteiger partial charge is 0.451 e. The number of nitrogens with two attached hydrogens (primary N) is 2. The first-order valence-electron chi connectivity index (χ1n) is 5.30. The summed E-state index contributed by atoms with van der Waals surface area (Å²) < 4.78 is 31.5. The topological polar surface area (TPSA) is 78.3 Å². The lowest BCUT2D eigenvalue weighted by molar-refractivity contribution is 0.0998. The zero-order valence-electron chi connectivity index (χ0n) is 9.69. The number of carbonyl (C=O) groups is 1. The molecular weight excluding hydrogens is 254 g/mol. The highest BCUT2D eigenvalue weighted by Gasteiger charge is 2.15. The van der Waals surface area contributed by atoms with Crippen molar-refractivity contribution in [3.05, 3.63) is 53.6 Å². The first-order valence-corrected chi connectivity index (χ1v) is 5.30. The molecule has 0 aliphatic heterocycles. The summed E-state index contributed by atoms with van der Waals surface area (Å²) in [6.45, 7) is 0. The average Bonchev–Trinajstić information content (AvgIpc) is 2.34. The molecule has 98 valence electrons. The smallest absolute Gasteiger partial charge is 0.252 e. The van der Waals surface area contributed by atoms with Gasteiger partial charge >= 0.3 is 0 Å². The third-order valence-electron chi connectivity index (χ3n) is 2.42. The Kier molecular flexibility index (Phi) is 3.33. The van der Waals surface area contributed by atoms with E-state index >= 15 is 0 Å². The van der Waals surface area contributed by atoms with E-state index in [0.717, 1.165) is 12.1 Å². The van der Waals surface area contributed by atoms with Gasteiger partial charge in [-0.05, 0) is 24.3 Å². The molecule has 0 radical (unpaired) electrons. The fourth-order valence-corrected chi connectivity index (χ4v) is 1.53. The SMILES string of the molecule is NC(=O)c1cccc(N)c1Oc1ccc(F)cc1F. The maximum Gasteiger partial charge on any atom is 0.252 e. The summed E-state index contributed by atoms with van der Waals surface area (Å²) in [6.07, 6.45) is 0. The van der Waals surface area contributed by atoms with Crippen LogP contribution < -0.4 is 16.2 Å². The number of para-hydroxylation sites is 1. The van der Waals surface area contributed by atoms with Gasteiger partial charge in [-0.1, -0.05) is 6.07 Å². The molecule has 0 atom stereocenters. The van der Waals surface area contributed by atoms with E-state index in [-0.39, 0.29) is 22.7 Å². The Morgan fingerprint density at radius 3 is 2.53 bits per heavy atom. The summed E-state index contributed by atoms with van der Waals surface area (Å²) in [5.74, 6) is -2.70. The van der Waals surface area contributed by atoms with Gasteiger partial charge in [0.2, 0.25) is 0 Å². The molecule has 0 bridgehead atoms. The molecule has 0 aliphatic carbocycles. The van der Waals surface area contributed by atoms with Gasteiger partial charge in [-0.3, -0.25) is 4.79 Å². The zero-order chi connectivity index (χ0) is 14.0. The number of carbonyl (C=O) groups excluding carboxylic acids is 1. The Balaban J connectivity index is 2.46. The van der Waals surface area contributed by atoms with E-state index < -0.39 is 17.5 Å². The zero-order valence-corrected chi connectivity index (χ0v) is 9.69. The molecule has 2 aromatic carbocycles. The summed E-state index contributed by atoms with van der Waals surface area (Å²) in [4.78, 5) is 11.2. The molecule has 4 N–H and O–H groups in total. The number of nitrogen functional groups attached to an aromatic ring is 1. The molecule has 0 heterocycles. The number of rotatable bonds is 3. The summed E-state index contributed by atoms with van der Waals surface area (Å²) in [5, 5.41) is 0. The monoisotopic (exact) mass is 264 g/mol. The Morgan fingerprint density at radius 1 is 1.16 bits per heavy atom. The Bertz CT molecular complexity index is 645. The van der Waals surface area contributed by atoms with Crippen molar-refractivity contribution in [2.24, 2.45) is 5.73 Å². The van der Waals surface area contributed by atoms with Crippen molar-refractivity contribution >= 4 is 11.6 Å². The number of anilines is 1. The van der Waals surface area contributed by atoms with Crippen LogP contribution in [0, 0.1) is 11.6 Å². The van der Waals surface area contributed by atoms with Crippen molar-refractivity contribution < 1.29 is 18.3 Å². The van der Waals surface area contributed by atoms with E-state index in [1.54, 1.807) is 0 Å². The van der Waals surface area contributed by atoms with E-state index in [2.05, 4.69) is 0 Å². The highest BCUT2D eigenvalue weighted by Crippen LogP contribution is 2.32. The molecule has 2 aromatic rings. The number of ether oxygens (including phenoxy) is 1. The molecule has 1 amide bonds. The van der Waals surface area contributed by atoms with Gasteiger partial charge in [-0.25, -0.2) is 8.78 Å². The summed E-state index contributed by atoms with van der Waals surface area (Å²) in [6, 6.07) is 7.18. The lowest BCUT2D eigenvalue weighted by atomic mass is 10.1. The van der Waals surface area contributed by atoms with E-state index in [1.807, 2.05) is 0 Å². The van der Waals surface area contributed by atoms with Crippen LogP contribution in [0.3, 0.4) is 0 Å². The van der Waals surface area contributed by atoms with Crippen molar-refractivity contribution in [3.63, 3.8) is 0 Å². The molecule has 0 saturated carbocycles. The molecular formula is C13H10F2N2O2. The number of amides is 1. The Labute approximate surface area is 107 Å². The molecule has 6 heteroatoms. The first kappa shape index (κ1) is 12.8. The van der Waals surface area contributed by atoms with E-state index in [4.69, 9.17) is 16.2 Å². The third-order valence-corrected chi connectivity index (χ3v) is 2.42. The summed E-state index contributed by atoms with van der Waals surface area (Å²) in [7, 11) is 0. The normalized spacial score (nSPS) is 10.2. The number of primary amides is 1. The van der Waals surface area contributed by atoms with Crippen LogP contribution in [-0.2, 0) is 0 Å². The van der Waals surface area contributed by atoms with Gasteiger partial charge in [0.25, 0.3) is 5.91 Å². The van der Waals surface area contributed by atoms with Crippen molar-refractivity contribution in [2.75, 3.05) is 5.73 Å². The number of halogens is 2.